The van der Waals surface area contributed by atoms with Crippen molar-refractivity contribution in [2.24, 2.45) is 0 Å². The average Bonchev–Trinajstić information content (AvgIpc) is 3.08. The Hall–Kier alpha value is -1.64. The third-order valence-corrected chi connectivity index (χ3v) is 6.72. The zero-order chi connectivity index (χ0) is 22.8. The van der Waals surface area contributed by atoms with Crippen molar-refractivity contribution in [2.45, 2.75) is 51.2 Å². The lowest BCUT2D eigenvalue weighted by Crippen LogP contribution is -2.51. The van der Waals surface area contributed by atoms with E-state index in [2.05, 4.69) is 41.0 Å². The van der Waals surface area contributed by atoms with E-state index < -0.39 is 6.10 Å². The van der Waals surface area contributed by atoms with E-state index in [0.717, 1.165) is 22.6 Å². The lowest BCUT2D eigenvalue weighted by atomic mass is 9.96. The summed E-state index contributed by atoms with van der Waals surface area (Å²) in [7, 11) is 0. The molecule has 1 fully saturated rings. The van der Waals surface area contributed by atoms with Crippen molar-refractivity contribution >= 4 is 48.1 Å². The second-order valence-corrected chi connectivity index (χ2v) is 9.56. The van der Waals surface area contributed by atoms with E-state index >= 15 is 0 Å². The number of aliphatic hydroxyl groups is 1. The Morgan fingerprint density at radius 3 is 2.41 bits per heavy atom. The van der Waals surface area contributed by atoms with Gasteiger partial charge in [0.1, 0.15) is 12.1 Å². The highest BCUT2D eigenvalue weighted by molar-refractivity contribution is 6.30. The summed E-state index contributed by atoms with van der Waals surface area (Å²) in [5.41, 5.74) is 2.79. The molecule has 2 aromatic rings. The summed E-state index contributed by atoms with van der Waals surface area (Å²) in [6, 6.07) is 7.87. The molecule has 1 aromatic heterocycles. The normalized spacial score (nSPS) is 20.4. The molecule has 3 atom stereocenters. The highest BCUT2D eigenvalue weighted by Gasteiger charge is 2.35. The van der Waals surface area contributed by atoms with Crippen molar-refractivity contribution < 1.29 is 9.90 Å². The van der Waals surface area contributed by atoms with Crippen molar-refractivity contribution in [3.63, 3.8) is 0 Å². The Labute approximate surface area is 219 Å². The maximum absolute atomic E-state index is 13.5. The molecular formula is C24H34Cl3N5O2. The number of rotatable bonds is 6. The summed E-state index contributed by atoms with van der Waals surface area (Å²) in [6.07, 6.45) is 1.71. The van der Waals surface area contributed by atoms with Gasteiger partial charge in [0.25, 0.3) is 0 Å². The van der Waals surface area contributed by atoms with Crippen LogP contribution in [0.4, 0.5) is 5.82 Å². The topological polar surface area (TPSA) is 81.6 Å². The van der Waals surface area contributed by atoms with E-state index in [0.29, 0.717) is 50.2 Å². The van der Waals surface area contributed by atoms with Crippen molar-refractivity contribution in [1.82, 2.24) is 20.2 Å². The van der Waals surface area contributed by atoms with E-state index in [1.54, 1.807) is 6.33 Å². The number of carbonyl (C=O) groups excluding carboxylic acids is 1. The molecule has 1 aliphatic heterocycles. The number of halogens is 3. The molecule has 0 saturated carbocycles. The monoisotopic (exact) mass is 529 g/mol. The molecule has 10 heteroatoms. The number of nitrogens with zero attached hydrogens (tertiary/aromatic N) is 4. The number of hydrogen-bond acceptors (Lipinski definition) is 6. The molecule has 188 valence electrons. The van der Waals surface area contributed by atoms with Gasteiger partial charge in [0.2, 0.25) is 5.91 Å². The van der Waals surface area contributed by atoms with Crippen LogP contribution in [0.2, 0.25) is 5.02 Å². The van der Waals surface area contributed by atoms with Gasteiger partial charge in [-0.2, -0.15) is 0 Å². The van der Waals surface area contributed by atoms with Gasteiger partial charge in [0, 0.05) is 49.4 Å². The molecule has 1 amide bonds. The van der Waals surface area contributed by atoms with Gasteiger partial charge in [0.15, 0.2) is 0 Å². The van der Waals surface area contributed by atoms with E-state index in [9.17, 15) is 9.90 Å². The van der Waals surface area contributed by atoms with Crippen LogP contribution < -0.4 is 10.2 Å². The van der Waals surface area contributed by atoms with Gasteiger partial charge < -0.3 is 20.2 Å². The minimum absolute atomic E-state index is 0. The molecule has 7 nitrogen and oxygen atoms in total. The number of carbonyl (C=O) groups is 1. The summed E-state index contributed by atoms with van der Waals surface area (Å²) < 4.78 is 0. The lowest BCUT2D eigenvalue weighted by Gasteiger charge is -2.38. The first-order chi connectivity index (χ1) is 15.3. The van der Waals surface area contributed by atoms with Crippen LogP contribution in [-0.2, 0) is 4.79 Å². The number of benzene rings is 1. The molecule has 2 aliphatic rings. The number of anilines is 1. The lowest BCUT2D eigenvalue weighted by molar-refractivity contribution is -0.133. The van der Waals surface area contributed by atoms with Gasteiger partial charge in [0.05, 0.1) is 17.7 Å². The van der Waals surface area contributed by atoms with Crippen LogP contribution >= 0.6 is 36.4 Å². The third-order valence-electron chi connectivity index (χ3n) is 6.47. The minimum Gasteiger partial charge on any atom is -0.387 e. The number of aliphatic hydroxyl groups excluding tert-OH is 1. The van der Waals surface area contributed by atoms with Crippen LogP contribution in [0.5, 0.6) is 0 Å². The molecular weight excluding hydrogens is 497 g/mol. The Morgan fingerprint density at radius 1 is 1.15 bits per heavy atom. The van der Waals surface area contributed by atoms with E-state index in [1.807, 2.05) is 29.2 Å². The number of hydrogen-bond donors (Lipinski definition) is 2. The fourth-order valence-corrected chi connectivity index (χ4v) is 4.84. The van der Waals surface area contributed by atoms with Gasteiger partial charge in [-0.1, -0.05) is 44.5 Å². The average molecular weight is 531 g/mol. The van der Waals surface area contributed by atoms with E-state index in [1.165, 1.54) is 0 Å². The maximum Gasteiger partial charge on any atom is 0.231 e. The molecule has 0 bridgehead atoms. The molecule has 1 aliphatic carbocycles. The first-order valence-electron chi connectivity index (χ1n) is 11.4. The molecule has 2 N–H and O–H groups in total. The summed E-state index contributed by atoms with van der Waals surface area (Å²) >= 11 is 6.06. The fourth-order valence-electron chi connectivity index (χ4n) is 4.71. The quantitative estimate of drug-likeness (QED) is 0.589. The largest absolute Gasteiger partial charge is 0.387 e. The molecule has 1 saturated heterocycles. The molecule has 0 radical (unpaired) electrons. The number of aromatic nitrogens is 2. The smallest absolute Gasteiger partial charge is 0.231 e. The van der Waals surface area contributed by atoms with Crippen LogP contribution in [0.15, 0.2) is 30.6 Å². The van der Waals surface area contributed by atoms with Crippen molar-refractivity contribution in [3.8, 4) is 0 Å². The predicted octanol–water partition coefficient (Wildman–Crippen LogP) is 3.94. The Kier molecular flexibility index (Phi) is 10.4. The van der Waals surface area contributed by atoms with E-state index in [-0.39, 0.29) is 42.6 Å². The van der Waals surface area contributed by atoms with Crippen LogP contribution in [0, 0.1) is 0 Å². The zero-order valence-corrected chi connectivity index (χ0v) is 22.2. The third kappa shape index (κ3) is 6.13. The highest BCUT2D eigenvalue weighted by Crippen LogP contribution is 2.42. The van der Waals surface area contributed by atoms with Crippen LogP contribution in [0.3, 0.4) is 0 Å². The van der Waals surface area contributed by atoms with Gasteiger partial charge in [-0.05, 0) is 30.0 Å². The van der Waals surface area contributed by atoms with Gasteiger partial charge in [-0.25, -0.2) is 9.97 Å². The highest BCUT2D eigenvalue weighted by atomic mass is 35.5. The SMILES string of the molecule is CC(C)NC[C@@H](C(=O)N1CCN(c2ncnc3c2[C@H](C)C[C@@H]3O)CC1)c1ccc(Cl)cc1.Cl.Cl. The second-order valence-electron chi connectivity index (χ2n) is 9.13. The first-order valence-corrected chi connectivity index (χ1v) is 11.8. The fraction of sp³-hybridized carbons (Fsp3) is 0.542. The molecule has 2 heterocycles. The summed E-state index contributed by atoms with van der Waals surface area (Å²) in [5.74, 6) is 1.02. The molecule has 34 heavy (non-hydrogen) atoms. The first kappa shape index (κ1) is 28.6. The standard InChI is InChI=1S/C24H32ClN5O2.2ClH/c1-15(2)26-13-19(17-4-6-18(25)7-5-17)24(32)30-10-8-29(9-11-30)23-21-16(3)12-20(31)22(21)27-14-28-23;;/h4-7,14-16,19-20,26,31H,8-13H2,1-3H3;2*1H/t16-,19-,20+;;/m1../s1. The molecule has 4 rings (SSSR count). The van der Waals surface area contributed by atoms with Gasteiger partial charge >= 0.3 is 0 Å². The van der Waals surface area contributed by atoms with Gasteiger partial charge in [-0.15, -0.1) is 24.8 Å². The Bertz CT molecular complexity index is 952. The van der Waals surface area contributed by atoms with Crippen molar-refractivity contribution in [2.75, 3.05) is 37.6 Å². The Morgan fingerprint density at radius 2 is 1.79 bits per heavy atom. The van der Waals surface area contributed by atoms with E-state index in [4.69, 9.17) is 11.6 Å². The van der Waals surface area contributed by atoms with Crippen molar-refractivity contribution in [3.05, 3.63) is 52.4 Å². The van der Waals surface area contributed by atoms with Crippen molar-refractivity contribution in [1.29, 1.82) is 0 Å². The van der Waals surface area contributed by atoms with Crippen LogP contribution in [0.25, 0.3) is 0 Å². The maximum atomic E-state index is 13.5. The predicted molar refractivity (Wildman–Crippen MR) is 141 cm³/mol. The van der Waals surface area contributed by atoms with Crippen LogP contribution in [0.1, 0.15) is 62.0 Å². The minimum atomic E-state index is -0.516. The number of nitrogens with one attached hydrogen (secondary N) is 1. The number of amides is 1. The Balaban J connectivity index is 0.00000204. The summed E-state index contributed by atoms with van der Waals surface area (Å²) in [4.78, 5) is 26.5. The molecule has 0 unspecified atom stereocenters. The zero-order valence-electron chi connectivity index (χ0n) is 19.8. The number of piperazine rings is 1. The van der Waals surface area contributed by atoms with Crippen LogP contribution in [-0.4, -0.2) is 64.6 Å². The summed E-state index contributed by atoms with van der Waals surface area (Å²) in [6.45, 7) is 9.57. The van der Waals surface area contributed by atoms with Gasteiger partial charge in [-0.3, -0.25) is 4.79 Å². The summed E-state index contributed by atoms with van der Waals surface area (Å²) in [5, 5.41) is 14.4. The second kappa shape index (κ2) is 12.4. The molecule has 0 spiro atoms. The number of fused-ring (bicyclic) bond motifs is 1. The molecule has 1 aromatic carbocycles.